The average molecular weight is 427 g/mol. The van der Waals surface area contributed by atoms with Crippen LogP contribution in [0.4, 0.5) is 0 Å². The molecule has 0 aliphatic carbocycles. The molecule has 3 nitrogen and oxygen atoms in total. The van der Waals surface area contributed by atoms with Gasteiger partial charge in [0.15, 0.2) is 0 Å². The van der Waals surface area contributed by atoms with E-state index in [9.17, 15) is 1.37 Å². The van der Waals surface area contributed by atoms with E-state index in [4.69, 9.17) is 16.3 Å². The number of aryl methyl sites for hydroxylation is 1. The largest absolute Gasteiger partial charge is 0.455 e. The summed E-state index contributed by atoms with van der Waals surface area (Å²) in [6, 6.07) is 18.5. The van der Waals surface area contributed by atoms with E-state index in [0.29, 0.717) is 33.5 Å². The lowest BCUT2D eigenvalue weighted by Crippen LogP contribution is -2.02. The number of para-hydroxylation sites is 1. The van der Waals surface area contributed by atoms with Crippen LogP contribution in [0.3, 0.4) is 0 Å². The fourth-order valence-electron chi connectivity index (χ4n) is 4.05. The third kappa shape index (κ3) is 3.58. The molecule has 0 fully saturated rings. The number of aromatic nitrogens is 2. The number of hydrogen-bond acceptors (Lipinski definition) is 3. The molecule has 0 saturated heterocycles. The smallest absolute Gasteiger partial charge is 0.148 e. The molecular weight excluding hydrogens is 392 g/mol. The first-order valence-electron chi connectivity index (χ1n) is 13.7. The van der Waals surface area contributed by atoms with Gasteiger partial charge in [-0.25, -0.2) is 0 Å². The summed E-state index contributed by atoms with van der Waals surface area (Å²) in [5.41, 5.74) is 3.19. The van der Waals surface area contributed by atoms with Gasteiger partial charge in [-0.05, 0) is 48.0 Å². The lowest BCUT2D eigenvalue weighted by Gasteiger charge is -2.15. The van der Waals surface area contributed by atoms with Crippen molar-refractivity contribution in [3.05, 3.63) is 95.4 Å². The fourth-order valence-corrected chi connectivity index (χ4v) is 4.05. The van der Waals surface area contributed by atoms with Crippen molar-refractivity contribution in [1.82, 2.24) is 9.97 Å². The number of fused-ring (bicyclic) bond motifs is 3. The zero-order valence-electron chi connectivity index (χ0n) is 24.3. The summed E-state index contributed by atoms with van der Waals surface area (Å²) in [4.78, 5) is 9.21. The number of nitrogens with zero attached hydrogens (tertiary/aromatic N) is 2. The van der Waals surface area contributed by atoms with Crippen LogP contribution in [0.5, 0.6) is 0 Å². The quantitative estimate of drug-likeness (QED) is 0.289. The molecule has 5 rings (SSSR count). The van der Waals surface area contributed by atoms with Gasteiger partial charge in [-0.3, -0.25) is 9.97 Å². The first kappa shape index (κ1) is 14.6. The zero-order valence-corrected chi connectivity index (χ0v) is 18.3. The van der Waals surface area contributed by atoms with Gasteiger partial charge in [0.05, 0.1) is 22.3 Å². The summed E-state index contributed by atoms with van der Waals surface area (Å²) in [5, 5.41) is 1.48. The van der Waals surface area contributed by atoms with E-state index >= 15 is 0 Å². The van der Waals surface area contributed by atoms with Gasteiger partial charge in [0.2, 0.25) is 0 Å². The van der Waals surface area contributed by atoms with Crippen molar-refractivity contribution in [3.8, 4) is 11.3 Å². The highest BCUT2D eigenvalue weighted by molar-refractivity contribution is 6.10. The van der Waals surface area contributed by atoms with E-state index < -0.39 is 25.0 Å². The van der Waals surface area contributed by atoms with Gasteiger partial charge < -0.3 is 4.42 Å². The predicted molar refractivity (Wildman–Crippen MR) is 132 cm³/mol. The number of pyridine rings is 2. The highest BCUT2D eigenvalue weighted by atomic mass is 16.3. The van der Waals surface area contributed by atoms with Crippen LogP contribution in [0, 0.1) is 12.8 Å². The van der Waals surface area contributed by atoms with Crippen LogP contribution >= 0.6 is 0 Å². The molecule has 3 aromatic heterocycles. The minimum Gasteiger partial charge on any atom is -0.455 e. The Hall–Kier alpha value is -3.46. The molecule has 160 valence electrons. The van der Waals surface area contributed by atoms with Crippen molar-refractivity contribution in [1.29, 1.82) is 0 Å². The summed E-state index contributed by atoms with van der Waals surface area (Å²) in [6.45, 7) is 2.71. The molecule has 3 heteroatoms. The number of hydrogen-bond donors (Lipinski definition) is 0. The molecule has 0 amide bonds. The number of furan rings is 1. The van der Waals surface area contributed by atoms with E-state index in [0.717, 1.165) is 10.9 Å². The standard InChI is InChI=1S/C29H28N2O/c1-18(2)14-22-15-25(30-16-19(22)3)24-17-31-28(20(4)21-10-6-5-7-11-21)27-23-12-8-9-13-26(23)32-29(24)27/h5-13,15-18,20H,14H2,1-4H3/i3D3,14D2,20D. The van der Waals surface area contributed by atoms with E-state index in [1.54, 1.807) is 27.0 Å². The van der Waals surface area contributed by atoms with Crippen molar-refractivity contribution in [2.45, 2.75) is 39.9 Å². The highest BCUT2D eigenvalue weighted by Crippen LogP contribution is 2.40. The van der Waals surface area contributed by atoms with Gasteiger partial charge in [-0.15, -0.1) is 0 Å². The van der Waals surface area contributed by atoms with Crippen LogP contribution < -0.4 is 0 Å². The van der Waals surface area contributed by atoms with Gasteiger partial charge >= 0.3 is 0 Å². The van der Waals surface area contributed by atoms with E-state index in [1.165, 1.54) is 12.3 Å². The second-order valence-corrected chi connectivity index (χ2v) is 8.23. The molecule has 0 aliphatic rings. The Morgan fingerprint density at radius 1 is 1.00 bits per heavy atom. The minimum atomic E-state index is -2.53. The molecular formula is C29H28N2O. The third-order valence-corrected chi connectivity index (χ3v) is 5.59. The van der Waals surface area contributed by atoms with Gasteiger partial charge in [0, 0.05) is 31.9 Å². The van der Waals surface area contributed by atoms with Crippen LogP contribution in [-0.2, 0) is 6.37 Å². The lowest BCUT2D eigenvalue weighted by atomic mass is 9.93. The van der Waals surface area contributed by atoms with Gasteiger partial charge in [-0.1, -0.05) is 69.3 Å². The van der Waals surface area contributed by atoms with Crippen molar-refractivity contribution in [2.75, 3.05) is 0 Å². The summed E-state index contributed by atoms with van der Waals surface area (Å²) < 4.78 is 56.9. The Bertz CT molecular complexity index is 1640. The van der Waals surface area contributed by atoms with Crippen LogP contribution in [-0.4, -0.2) is 9.97 Å². The Balaban J connectivity index is 1.82. The fraction of sp³-hybridized carbons (Fsp3) is 0.241. The third-order valence-electron chi connectivity index (χ3n) is 5.59. The molecule has 0 aliphatic heterocycles. The minimum absolute atomic E-state index is 0.0699. The molecule has 3 heterocycles. The van der Waals surface area contributed by atoms with Crippen LogP contribution in [0.2, 0.25) is 0 Å². The van der Waals surface area contributed by atoms with Crippen molar-refractivity contribution in [2.24, 2.45) is 5.92 Å². The first-order valence-corrected chi connectivity index (χ1v) is 10.7. The van der Waals surface area contributed by atoms with Crippen molar-refractivity contribution in [3.63, 3.8) is 0 Å². The maximum atomic E-state index is 9.31. The van der Waals surface area contributed by atoms with Gasteiger partial charge in [0.1, 0.15) is 11.2 Å². The molecule has 0 saturated carbocycles. The number of benzene rings is 2. The predicted octanol–water partition coefficient (Wildman–Crippen LogP) is 7.70. The summed E-state index contributed by atoms with van der Waals surface area (Å²) in [7, 11) is 0. The monoisotopic (exact) mass is 426 g/mol. The molecule has 0 bridgehead atoms. The van der Waals surface area contributed by atoms with Crippen LogP contribution in [0.15, 0.2) is 77.5 Å². The molecule has 0 spiro atoms. The molecule has 2 aromatic carbocycles. The topological polar surface area (TPSA) is 38.9 Å². The molecule has 1 atom stereocenters. The van der Waals surface area contributed by atoms with Gasteiger partial charge in [-0.2, -0.15) is 0 Å². The van der Waals surface area contributed by atoms with Gasteiger partial charge in [0.25, 0.3) is 0 Å². The maximum absolute atomic E-state index is 9.31. The average Bonchev–Trinajstić information content (AvgIpc) is 3.27. The first-order chi connectivity index (χ1) is 17.8. The Kier molecular flexibility index (Phi) is 3.75. The molecule has 0 N–H and O–H groups in total. The van der Waals surface area contributed by atoms with E-state index in [1.807, 2.05) is 54.6 Å². The molecule has 0 radical (unpaired) electrons. The van der Waals surface area contributed by atoms with E-state index in [-0.39, 0.29) is 11.1 Å². The van der Waals surface area contributed by atoms with E-state index in [2.05, 4.69) is 4.98 Å². The van der Waals surface area contributed by atoms with Crippen LogP contribution in [0.1, 0.15) is 57.3 Å². The summed E-state index contributed by atoms with van der Waals surface area (Å²) >= 11 is 0. The maximum Gasteiger partial charge on any atom is 0.148 e. The molecule has 1 unspecified atom stereocenters. The summed E-state index contributed by atoms with van der Waals surface area (Å²) in [5.74, 6) is -1.66. The number of rotatable bonds is 5. The van der Waals surface area contributed by atoms with Crippen molar-refractivity contribution < 1.29 is 12.6 Å². The van der Waals surface area contributed by atoms with Crippen molar-refractivity contribution >= 4 is 21.9 Å². The molecule has 32 heavy (non-hydrogen) atoms. The Morgan fingerprint density at radius 3 is 2.56 bits per heavy atom. The molecule has 5 aromatic rings. The zero-order chi connectivity index (χ0) is 27.5. The SMILES string of the molecule is [2H]C([2H])([2H])c1cnc(-c2cnc(C([2H])(C)c3ccccc3)c3c2oc2ccccc23)cc1C([2H])([2H])C(C)C. The normalized spacial score (nSPS) is 17.2. The second kappa shape index (κ2) is 8.23. The lowest BCUT2D eigenvalue weighted by molar-refractivity contribution is 0.644. The summed E-state index contributed by atoms with van der Waals surface area (Å²) in [6.07, 6.45) is 0.912. The second-order valence-electron chi connectivity index (χ2n) is 8.23. The Morgan fingerprint density at radius 2 is 1.78 bits per heavy atom. The van der Waals surface area contributed by atoms with Crippen LogP contribution in [0.25, 0.3) is 33.2 Å². The highest BCUT2D eigenvalue weighted by Gasteiger charge is 2.22. The Labute approximate surface area is 197 Å².